The minimum absolute atomic E-state index is 0.0737. The molecule has 1 atom stereocenters. The van der Waals surface area contributed by atoms with Crippen LogP contribution in [0.15, 0.2) is 60.0 Å². The lowest BCUT2D eigenvalue weighted by Crippen LogP contribution is -2.40. The zero-order valence-corrected chi connectivity index (χ0v) is 16.3. The number of hydrogen-bond donors (Lipinski definition) is 1. The number of carboxylic acids is 1. The van der Waals surface area contributed by atoms with E-state index in [0.717, 1.165) is 22.6 Å². The number of carboxylic acid groups (broad SMARTS) is 1. The standard InChI is InChI=1S/C22H16F3NO3S/c23-22(24,25)16-7-5-13(6-8-16)19-17-10-12-30-18(17)9-11-26(19)20(27)14-1-3-15(4-2-14)21(28)29/h1-8,10,12,19H,9,11H2,(H,28,29). The molecule has 1 unspecified atom stereocenters. The lowest BCUT2D eigenvalue weighted by Gasteiger charge is -2.36. The topological polar surface area (TPSA) is 57.6 Å². The third kappa shape index (κ3) is 3.70. The Hall–Kier alpha value is -3.13. The van der Waals surface area contributed by atoms with Gasteiger partial charge in [-0.2, -0.15) is 13.2 Å². The molecule has 2 aromatic carbocycles. The van der Waals surface area contributed by atoms with Gasteiger partial charge in [0.2, 0.25) is 0 Å². The average Bonchev–Trinajstić information content (AvgIpc) is 3.21. The number of hydrogen-bond acceptors (Lipinski definition) is 3. The summed E-state index contributed by atoms with van der Waals surface area (Å²) in [4.78, 5) is 27.0. The molecule has 0 saturated heterocycles. The number of carbonyl (C=O) groups excluding carboxylic acids is 1. The van der Waals surface area contributed by atoms with Crippen molar-refractivity contribution in [1.82, 2.24) is 4.90 Å². The number of rotatable bonds is 3. The van der Waals surface area contributed by atoms with Gasteiger partial charge in [-0.25, -0.2) is 4.79 Å². The Kier molecular flexibility index (Phi) is 5.11. The molecule has 0 aliphatic carbocycles. The molecule has 3 aromatic rings. The molecular weight excluding hydrogens is 415 g/mol. The molecule has 2 heterocycles. The molecule has 0 radical (unpaired) electrons. The highest BCUT2D eigenvalue weighted by atomic mass is 32.1. The summed E-state index contributed by atoms with van der Waals surface area (Å²) in [5.74, 6) is -1.38. The van der Waals surface area contributed by atoms with Gasteiger partial charge in [-0.1, -0.05) is 12.1 Å². The second kappa shape index (κ2) is 7.60. The smallest absolute Gasteiger partial charge is 0.416 e. The molecule has 8 heteroatoms. The summed E-state index contributed by atoms with van der Waals surface area (Å²) in [6.45, 7) is 0.415. The Labute approximate surface area is 174 Å². The molecule has 0 spiro atoms. The molecule has 4 rings (SSSR count). The maximum atomic E-state index is 13.2. The van der Waals surface area contributed by atoms with E-state index in [-0.39, 0.29) is 11.5 Å². The Morgan fingerprint density at radius 1 is 0.967 bits per heavy atom. The monoisotopic (exact) mass is 431 g/mol. The number of nitrogens with zero attached hydrogens (tertiary/aromatic N) is 1. The van der Waals surface area contributed by atoms with Gasteiger partial charge in [0, 0.05) is 17.0 Å². The highest BCUT2D eigenvalue weighted by molar-refractivity contribution is 7.10. The molecule has 1 aliphatic rings. The average molecular weight is 431 g/mol. The van der Waals surface area contributed by atoms with Gasteiger partial charge in [0.05, 0.1) is 17.2 Å². The van der Waals surface area contributed by atoms with Crippen molar-refractivity contribution in [3.05, 3.63) is 92.7 Å². The summed E-state index contributed by atoms with van der Waals surface area (Å²) in [5, 5.41) is 11.0. The molecular formula is C22H16F3NO3S. The SMILES string of the molecule is O=C(O)c1ccc(C(=O)N2CCc3sccc3C2c2ccc(C(F)(F)F)cc2)cc1. The van der Waals surface area contributed by atoms with Crippen LogP contribution in [0, 0.1) is 0 Å². The molecule has 30 heavy (non-hydrogen) atoms. The van der Waals surface area contributed by atoms with E-state index in [1.54, 1.807) is 16.2 Å². The van der Waals surface area contributed by atoms with Crippen LogP contribution in [0.2, 0.25) is 0 Å². The minimum Gasteiger partial charge on any atom is -0.478 e. The second-order valence-electron chi connectivity index (χ2n) is 6.95. The summed E-state index contributed by atoms with van der Waals surface area (Å²) >= 11 is 1.56. The van der Waals surface area contributed by atoms with Crippen LogP contribution >= 0.6 is 11.3 Å². The third-order valence-electron chi connectivity index (χ3n) is 5.16. The van der Waals surface area contributed by atoms with Crippen molar-refractivity contribution in [3.63, 3.8) is 0 Å². The van der Waals surface area contributed by atoms with Gasteiger partial charge in [-0.3, -0.25) is 4.79 Å². The quantitative estimate of drug-likeness (QED) is 0.616. The van der Waals surface area contributed by atoms with Gasteiger partial charge in [-0.15, -0.1) is 11.3 Å². The van der Waals surface area contributed by atoms with E-state index < -0.39 is 23.8 Å². The van der Waals surface area contributed by atoms with Crippen molar-refractivity contribution < 1.29 is 27.9 Å². The van der Waals surface area contributed by atoms with E-state index in [4.69, 9.17) is 5.11 Å². The predicted molar refractivity (Wildman–Crippen MR) is 106 cm³/mol. The molecule has 1 aromatic heterocycles. The molecule has 0 saturated carbocycles. The van der Waals surface area contributed by atoms with E-state index in [1.165, 1.54) is 36.4 Å². The van der Waals surface area contributed by atoms with Gasteiger partial charge >= 0.3 is 12.1 Å². The van der Waals surface area contributed by atoms with Crippen molar-refractivity contribution in [2.75, 3.05) is 6.54 Å². The molecule has 1 amide bonds. The summed E-state index contributed by atoms with van der Waals surface area (Å²) in [7, 11) is 0. The Morgan fingerprint density at radius 3 is 2.20 bits per heavy atom. The fraction of sp³-hybridized carbons (Fsp3) is 0.182. The number of benzene rings is 2. The van der Waals surface area contributed by atoms with Gasteiger partial charge in [0.25, 0.3) is 5.91 Å². The lowest BCUT2D eigenvalue weighted by molar-refractivity contribution is -0.137. The number of thiophene rings is 1. The normalized spacial score (nSPS) is 16.2. The van der Waals surface area contributed by atoms with Crippen LogP contribution in [0.4, 0.5) is 13.2 Å². The molecule has 154 valence electrons. The van der Waals surface area contributed by atoms with E-state index in [2.05, 4.69) is 0 Å². The third-order valence-corrected chi connectivity index (χ3v) is 6.16. The maximum absolute atomic E-state index is 13.2. The summed E-state index contributed by atoms with van der Waals surface area (Å²) < 4.78 is 38.9. The van der Waals surface area contributed by atoms with Crippen molar-refractivity contribution in [2.24, 2.45) is 0 Å². The van der Waals surface area contributed by atoms with Crippen LogP contribution in [-0.4, -0.2) is 28.4 Å². The van der Waals surface area contributed by atoms with Crippen LogP contribution in [0.1, 0.15) is 48.3 Å². The van der Waals surface area contributed by atoms with Gasteiger partial charge in [0.15, 0.2) is 0 Å². The van der Waals surface area contributed by atoms with Crippen molar-refractivity contribution >= 4 is 23.2 Å². The zero-order chi connectivity index (χ0) is 21.5. The number of amides is 1. The molecule has 0 fully saturated rings. The number of aromatic carboxylic acids is 1. The Morgan fingerprint density at radius 2 is 1.60 bits per heavy atom. The van der Waals surface area contributed by atoms with E-state index >= 15 is 0 Å². The van der Waals surface area contributed by atoms with Crippen molar-refractivity contribution in [3.8, 4) is 0 Å². The first-order valence-electron chi connectivity index (χ1n) is 9.13. The van der Waals surface area contributed by atoms with Gasteiger partial charge < -0.3 is 10.0 Å². The van der Waals surface area contributed by atoms with E-state index in [9.17, 15) is 22.8 Å². The number of fused-ring (bicyclic) bond motifs is 1. The van der Waals surface area contributed by atoms with Crippen LogP contribution < -0.4 is 0 Å². The van der Waals surface area contributed by atoms with Crippen LogP contribution in [0.3, 0.4) is 0 Å². The van der Waals surface area contributed by atoms with Crippen LogP contribution in [0.25, 0.3) is 0 Å². The van der Waals surface area contributed by atoms with Crippen molar-refractivity contribution in [1.29, 1.82) is 0 Å². The largest absolute Gasteiger partial charge is 0.478 e. The highest BCUT2D eigenvalue weighted by Crippen LogP contribution is 2.39. The first-order valence-corrected chi connectivity index (χ1v) is 10.0. The molecule has 1 N–H and O–H groups in total. The van der Waals surface area contributed by atoms with E-state index in [1.807, 2.05) is 11.4 Å². The molecule has 0 bridgehead atoms. The fourth-order valence-corrected chi connectivity index (χ4v) is 4.57. The Balaban J connectivity index is 1.71. The zero-order valence-electron chi connectivity index (χ0n) is 15.5. The van der Waals surface area contributed by atoms with Crippen LogP contribution in [-0.2, 0) is 12.6 Å². The van der Waals surface area contributed by atoms with Crippen molar-refractivity contribution in [2.45, 2.75) is 18.6 Å². The lowest BCUT2D eigenvalue weighted by atomic mass is 9.92. The highest BCUT2D eigenvalue weighted by Gasteiger charge is 2.35. The molecule has 4 nitrogen and oxygen atoms in total. The van der Waals surface area contributed by atoms with E-state index in [0.29, 0.717) is 24.1 Å². The fourth-order valence-electron chi connectivity index (χ4n) is 3.67. The summed E-state index contributed by atoms with van der Waals surface area (Å²) in [5.41, 5.74) is 1.16. The molecule has 1 aliphatic heterocycles. The number of halogens is 3. The maximum Gasteiger partial charge on any atom is 0.416 e. The van der Waals surface area contributed by atoms with Crippen LogP contribution in [0.5, 0.6) is 0 Å². The first kappa shape index (κ1) is 20.2. The number of carbonyl (C=O) groups is 2. The second-order valence-corrected chi connectivity index (χ2v) is 7.95. The number of alkyl halides is 3. The van der Waals surface area contributed by atoms with Gasteiger partial charge in [0.1, 0.15) is 0 Å². The predicted octanol–water partition coefficient (Wildman–Crippen LogP) is 5.25. The van der Waals surface area contributed by atoms with Gasteiger partial charge in [-0.05, 0) is 65.4 Å². The Bertz CT molecular complexity index is 1090. The summed E-state index contributed by atoms with van der Waals surface area (Å²) in [6.07, 6.45) is -3.77. The minimum atomic E-state index is -4.43. The first-order chi connectivity index (χ1) is 14.3. The summed E-state index contributed by atoms with van der Waals surface area (Å²) in [6, 6.07) is 11.9.